The lowest BCUT2D eigenvalue weighted by Gasteiger charge is -2.19. The first-order valence-corrected chi connectivity index (χ1v) is 7.33. The second kappa shape index (κ2) is 7.71. The molecule has 1 N–H and O–H groups in total. The summed E-state index contributed by atoms with van der Waals surface area (Å²) in [5.41, 5.74) is 2.65. The molecule has 0 fully saturated rings. The monoisotopic (exact) mass is 269 g/mol. The van der Waals surface area contributed by atoms with E-state index < -0.39 is 0 Å². The van der Waals surface area contributed by atoms with Gasteiger partial charge in [0.05, 0.1) is 6.04 Å². The highest BCUT2D eigenvalue weighted by atomic mass is 16.5. The molecule has 2 aromatic rings. The van der Waals surface area contributed by atoms with E-state index in [1.807, 2.05) is 30.3 Å². The van der Waals surface area contributed by atoms with Gasteiger partial charge in [0.25, 0.3) is 0 Å². The lowest BCUT2D eigenvalue weighted by Crippen LogP contribution is -2.26. The average Bonchev–Trinajstić information content (AvgIpc) is 2.52. The third-order valence-electron chi connectivity index (χ3n) is 3.40. The molecular weight excluding hydrogens is 246 g/mol. The van der Waals surface area contributed by atoms with E-state index in [4.69, 9.17) is 4.74 Å². The van der Waals surface area contributed by atoms with E-state index in [0.717, 1.165) is 18.7 Å². The van der Waals surface area contributed by atoms with Crippen LogP contribution in [-0.2, 0) is 6.42 Å². The maximum absolute atomic E-state index is 5.87. The van der Waals surface area contributed by atoms with Crippen molar-refractivity contribution in [2.75, 3.05) is 13.2 Å². The lowest BCUT2D eigenvalue weighted by molar-refractivity contribution is 0.268. The summed E-state index contributed by atoms with van der Waals surface area (Å²) >= 11 is 0. The second-order valence-corrected chi connectivity index (χ2v) is 4.83. The van der Waals surface area contributed by atoms with Crippen LogP contribution in [0.4, 0.5) is 0 Å². The summed E-state index contributed by atoms with van der Waals surface area (Å²) < 4.78 is 5.87. The summed E-state index contributed by atoms with van der Waals surface area (Å²) in [5.74, 6) is 0.917. The number of para-hydroxylation sites is 1. The Balaban J connectivity index is 2.02. The fraction of sp³-hybridized carbons (Fsp3) is 0.333. The minimum absolute atomic E-state index is 0.228. The zero-order valence-electron chi connectivity index (χ0n) is 12.3. The minimum Gasteiger partial charge on any atom is -0.492 e. The standard InChI is InChI=1S/C18H23NO/c1-3-15-10-12-16(13-11-15)18(19-4-2)14-20-17-8-6-5-7-9-17/h5-13,18-19H,3-4,14H2,1-2H3. The number of nitrogens with one attached hydrogen (secondary N) is 1. The van der Waals surface area contributed by atoms with Gasteiger partial charge in [-0.15, -0.1) is 0 Å². The predicted octanol–water partition coefficient (Wildman–Crippen LogP) is 3.98. The Morgan fingerprint density at radius 2 is 1.65 bits per heavy atom. The number of hydrogen-bond acceptors (Lipinski definition) is 2. The van der Waals surface area contributed by atoms with Gasteiger partial charge in [-0.3, -0.25) is 0 Å². The smallest absolute Gasteiger partial charge is 0.119 e. The van der Waals surface area contributed by atoms with Gasteiger partial charge in [0.1, 0.15) is 12.4 Å². The van der Waals surface area contributed by atoms with Gasteiger partial charge in [-0.25, -0.2) is 0 Å². The molecule has 1 atom stereocenters. The lowest BCUT2D eigenvalue weighted by atomic mass is 10.0. The molecule has 0 saturated carbocycles. The van der Waals surface area contributed by atoms with Crippen LogP contribution >= 0.6 is 0 Å². The highest BCUT2D eigenvalue weighted by molar-refractivity contribution is 5.26. The third kappa shape index (κ3) is 4.10. The van der Waals surface area contributed by atoms with Crippen LogP contribution in [0.15, 0.2) is 54.6 Å². The zero-order valence-corrected chi connectivity index (χ0v) is 12.3. The van der Waals surface area contributed by atoms with Crippen LogP contribution in [0.3, 0.4) is 0 Å². The molecule has 2 nitrogen and oxygen atoms in total. The van der Waals surface area contributed by atoms with Crippen molar-refractivity contribution in [1.82, 2.24) is 5.32 Å². The molecule has 0 heterocycles. The zero-order chi connectivity index (χ0) is 14.2. The Morgan fingerprint density at radius 3 is 2.25 bits per heavy atom. The van der Waals surface area contributed by atoms with Crippen molar-refractivity contribution in [2.45, 2.75) is 26.3 Å². The molecule has 2 rings (SSSR count). The number of hydrogen-bond donors (Lipinski definition) is 1. The molecule has 0 aliphatic rings. The molecule has 0 amide bonds. The maximum atomic E-state index is 5.87. The van der Waals surface area contributed by atoms with Gasteiger partial charge in [0.15, 0.2) is 0 Å². The van der Waals surface area contributed by atoms with Crippen molar-refractivity contribution in [3.05, 3.63) is 65.7 Å². The van der Waals surface area contributed by atoms with E-state index in [9.17, 15) is 0 Å². The fourth-order valence-corrected chi connectivity index (χ4v) is 2.20. The summed E-state index contributed by atoms with van der Waals surface area (Å²) in [6.07, 6.45) is 1.08. The van der Waals surface area contributed by atoms with Crippen molar-refractivity contribution < 1.29 is 4.74 Å². The van der Waals surface area contributed by atoms with Crippen molar-refractivity contribution in [3.8, 4) is 5.75 Å². The number of ether oxygens (including phenoxy) is 1. The molecule has 2 aromatic carbocycles. The van der Waals surface area contributed by atoms with Crippen molar-refractivity contribution in [1.29, 1.82) is 0 Å². The first-order valence-electron chi connectivity index (χ1n) is 7.33. The average molecular weight is 269 g/mol. The Bertz CT molecular complexity index is 493. The molecule has 0 aromatic heterocycles. The van der Waals surface area contributed by atoms with Gasteiger partial charge in [0, 0.05) is 0 Å². The SMILES string of the molecule is CCNC(COc1ccccc1)c1ccc(CC)cc1. The quantitative estimate of drug-likeness (QED) is 0.821. The molecular formula is C18H23NO. The molecule has 0 bridgehead atoms. The Kier molecular flexibility index (Phi) is 5.63. The minimum atomic E-state index is 0.228. The van der Waals surface area contributed by atoms with E-state index in [1.54, 1.807) is 0 Å². The highest BCUT2D eigenvalue weighted by Gasteiger charge is 2.11. The normalized spacial score (nSPS) is 12.1. The van der Waals surface area contributed by atoms with E-state index in [0.29, 0.717) is 6.61 Å². The van der Waals surface area contributed by atoms with E-state index in [1.165, 1.54) is 11.1 Å². The van der Waals surface area contributed by atoms with Gasteiger partial charge in [0.2, 0.25) is 0 Å². The van der Waals surface area contributed by atoms with E-state index in [-0.39, 0.29) is 6.04 Å². The second-order valence-electron chi connectivity index (χ2n) is 4.83. The molecule has 106 valence electrons. The van der Waals surface area contributed by atoms with Crippen LogP contribution in [0.2, 0.25) is 0 Å². The summed E-state index contributed by atoms with van der Waals surface area (Å²) in [6, 6.07) is 19.0. The maximum Gasteiger partial charge on any atom is 0.119 e. The van der Waals surface area contributed by atoms with Gasteiger partial charge >= 0.3 is 0 Å². The number of rotatable bonds is 7. The van der Waals surface area contributed by atoms with E-state index in [2.05, 4.69) is 43.4 Å². The van der Waals surface area contributed by atoms with Crippen LogP contribution in [0.25, 0.3) is 0 Å². The van der Waals surface area contributed by atoms with E-state index >= 15 is 0 Å². The molecule has 20 heavy (non-hydrogen) atoms. The molecule has 1 unspecified atom stereocenters. The van der Waals surface area contributed by atoms with Crippen LogP contribution in [0.5, 0.6) is 5.75 Å². The van der Waals surface area contributed by atoms with Gasteiger partial charge in [-0.05, 0) is 36.2 Å². The Labute approximate surface area is 121 Å². The summed E-state index contributed by atoms with van der Waals surface area (Å²) in [6.45, 7) is 5.87. The van der Waals surface area contributed by atoms with Crippen LogP contribution in [0.1, 0.15) is 31.0 Å². The van der Waals surface area contributed by atoms with Crippen molar-refractivity contribution in [2.24, 2.45) is 0 Å². The molecule has 0 aliphatic heterocycles. The first-order chi connectivity index (χ1) is 9.83. The van der Waals surface area contributed by atoms with Gasteiger partial charge < -0.3 is 10.1 Å². The van der Waals surface area contributed by atoms with Crippen LogP contribution in [-0.4, -0.2) is 13.2 Å². The summed E-state index contributed by atoms with van der Waals surface area (Å²) in [4.78, 5) is 0. The largest absolute Gasteiger partial charge is 0.492 e. The van der Waals surface area contributed by atoms with Gasteiger partial charge in [-0.1, -0.05) is 56.3 Å². The van der Waals surface area contributed by atoms with Crippen molar-refractivity contribution >= 4 is 0 Å². The van der Waals surface area contributed by atoms with Gasteiger partial charge in [-0.2, -0.15) is 0 Å². The molecule has 0 aliphatic carbocycles. The number of aryl methyl sites for hydroxylation is 1. The Hall–Kier alpha value is -1.80. The first kappa shape index (κ1) is 14.6. The molecule has 0 spiro atoms. The highest BCUT2D eigenvalue weighted by Crippen LogP contribution is 2.17. The molecule has 2 heteroatoms. The van der Waals surface area contributed by atoms with Crippen LogP contribution < -0.4 is 10.1 Å². The van der Waals surface area contributed by atoms with Crippen LogP contribution in [0, 0.1) is 0 Å². The number of benzene rings is 2. The van der Waals surface area contributed by atoms with Crippen molar-refractivity contribution in [3.63, 3.8) is 0 Å². The fourth-order valence-electron chi connectivity index (χ4n) is 2.20. The summed E-state index contributed by atoms with van der Waals surface area (Å²) in [5, 5.41) is 3.48. The third-order valence-corrected chi connectivity index (χ3v) is 3.40. The Morgan fingerprint density at radius 1 is 0.950 bits per heavy atom. The predicted molar refractivity (Wildman–Crippen MR) is 84.2 cm³/mol. The summed E-state index contributed by atoms with van der Waals surface area (Å²) in [7, 11) is 0. The molecule has 0 saturated heterocycles. The topological polar surface area (TPSA) is 21.3 Å². The molecule has 0 radical (unpaired) electrons. The number of likely N-dealkylation sites (N-methyl/N-ethyl adjacent to an activating group) is 1.